The van der Waals surface area contributed by atoms with Gasteiger partial charge in [0.2, 0.25) is 0 Å². The van der Waals surface area contributed by atoms with Crippen LogP contribution in [0.4, 0.5) is 0 Å². The van der Waals surface area contributed by atoms with Crippen LogP contribution in [0.15, 0.2) is 47.4 Å². The molecule has 1 fully saturated rings. The first-order valence-corrected chi connectivity index (χ1v) is 10.5. The quantitative estimate of drug-likeness (QED) is 0.416. The summed E-state index contributed by atoms with van der Waals surface area (Å²) in [5, 5.41) is 13.3. The SMILES string of the molecule is CCN(CC)CCN1C(=O)C(=O)C(=C(O)c2ccc(Cl)cc2)[C@H]1c1cccs1. The van der Waals surface area contributed by atoms with Crippen LogP contribution in [-0.4, -0.2) is 52.8 Å². The molecule has 5 nitrogen and oxygen atoms in total. The van der Waals surface area contributed by atoms with Crippen molar-refractivity contribution in [2.45, 2.75) is 19.9 Å². The van der Waals surface area contributed by atoms with Crippen LogP contribution in [-0.2, 0) is 9.59 Å². The summed E-state index contributed by atoms with van der Waals surface area (Å²) >= 11 is 7.40. The molecule has 0 saturated carbocycles. The van der Waals surface area contributed by atoms with Gasteiger partial charge in [-0.3, -0.25) is 9.59 Å². The fourth-order valence-corrected chi connectivity index (χ4v) is 4.38. The molecule has 1 aromatic carbocycles. The summed E-state index contributed by atoms with van der Waals surface area (Å²) in [5.41, 5.74) is 0.599. The first-order chi connectivity index (χ1) is 13.5. The zero-order valence-corrected chi connectivity index (χ0v) is 17.5. The van der Waals surface area contributed by atoms with E-state index in [-0.39, 0.29) is 11.3 Å². The molecule has 2 heterocycles. The Bertz CT molecular complexity index is 874. The van der Waals surface area contributed by atoms with Gasteiger partial charge in [0.25, 0.3) is 11.7 Å². The number of carbonyl (C=O) groups excluding carboxylic acids is 2. The Balaban J connectivity index is 2.03. The number of hydrogen-bond donors (Lipinski definition) is 1. The Hall–Kier alpha value is -2.15. The highest BCUT2D eigenvalue weighted by atomic mass is 35.5. The predicted molar refractivity (Wildman–Crippen MR) is 113 cm³/mol. The van der Waals surface area contributed by atoms with Crippen molar-refractivity contribution in [3.05, 3.63) is 62.8 Å². The van der Waals surface area contributed by atoms with Crippen LogP contribution in [0.5, 0.6) is 0 Å². The molecule has 28 heavy (non-hydrogen) atoms. The molecule has 1 aromatic heterocycles. The second-order valence-corrected chi connectivity index (χ2v) is 7.96. The number of aliphatic hydroxyl groups is 1. The van der Waals surface area contributed by atoms with Gasteiger partial charge in [0.1, 0.15) is 5.76 Å². The third-order valence-electron chi connectivity index (χ3n) is 5.02. The van der Waals surface area contributed by atoms with Crippen molar-refractivity contribution in [1.29, 1.82) is 0 Å². The van der Waals surface area contributed by atoms with Crippen molar-refractivity contribution >= 4 is 40.4 Å². The number of rotatable bonds is 7. The van der Waals surface area contributed by atoms with Crippen LogP contribution in [0.3, 0.4) is 0 Å². The topological polar surface area (TPSA) is 60.9 Å². The molecule has 1 aliphatic rings. The summed E-state index contributed by atoms with van der Waals surface area (Å²) in [7, 11) is 0. The Morgan fingerprint density at radius 2 is 1.86 bits per heavy atom. The number of thiophene rings is 1. The molecule has 148 valence electrons. The van der Waals surface area contributed by atoms with Gasteiger partial charge >= 0.3 is 0 Å². The average molecular weight is 419 g/mol. The van der Waals surface area contributed by atoms with Crippen LogP contribution < -0.4 is 0 Å². The average Bonchev–Trinajstić information content (AvgIpc) is 3.31. The molecule has 2 aromatic rings. The second-order valence-electron chi connectivity index (χ2n) is 6.54. The summed E-state index contributed by atoms with van der Waals surface area (Å²) < 4.78 is 0. The molecule has 0 aliphatic carbocycles. The smallest absolute Gasteiger partial charge is 0.295 e. The Morgan fingerprint density at radius 3 is 2.43 bits per heavy atom. The third-order valence-corrected chi connectivity index (χ3v) is 6.20. The van der Waals surface area contributed by atoms with Gasteiger partial charge in [-0.25, -0.2) is 0 Å². The zero-order valence-electron chi connectivity index (χ0n) is 15.9. The van der Waals surface area contributed by atoms with Crippen LogP contribution in [0.2, 0.25) is 5.02 Å². The van der Waals surface area contributed by atoms with Gasteiger partial charge in [-0.05, 0) is 48.8 Å². The number of amides is 1. The molecule has 1 N–H and O–H groups in total. The number of ketones is 1. The number of carbonyl (C=O) groups is 2. The van der Waals surface area contributed by atoms with Gasteiger partial charge in [-0.15, -0.1) is 11.3 Å². The molecule has 0 unspecified atom stereocenters. The number of halogens is 1. The number of likely N-dealkylation sites (N-methyl/N-ethyl adjacent to an activating group) is 1. The lowest BCUT2D eigenvalue weighted by atomic mass is 10.00. The second kappa shape index (κ2) is 8.90. The van der Waals surface area contributed by atoms with E-state index in [4.69, 9.17) is 11.6 Å². The molecule has 1 amide bonds. The monoisotopic (exact) mass is 418 g/mol. The van der Waals surface area contributed by atoms with Gasteiger partial charge in [-0.2, -0.15) is 0 Å². The Kier molecular flexibility index (Phi) is 6.54. The summed E-state index contributed by atoms with van der Waals surface area (Å²) in [5.74, 6) is -1.38. The van der Waals surface area contributed by atoms with Gasteiger partial charge in [0.05, 0.1) is 11.6 Å². The Morgan fingerprint density at radius 1 is 1.18 bits per heavy atom. The van der Waals surface area contributed by atoms with Crippen molar-refractivity contribution in [1.82, 2.24) is 9.80 Å². The molecular formula is C21H23ClN2O3S. The number of aliphatic hydroxyl groups excluding tert-OH is 1. The van der Waals surface area contributed by atoms with Gasteiger partial charge in [0.15, 0.2) is 0 Å². The number of nitrogens with zero attached hydrogens (tertiary/aromatic N) is 2. The van der Waals surface area contributed by atoms with E-state index in [1.165, 1.54) is 11.3 Å². The highest BCUT2D eigenvalue weighted by molar-refractivity contribution is 7.10. The molecule has 3 rings (SSSR count). The van der Waals surface area contributed by atoms with Crippen LogP contribution in [0.25, 0.3) is 5.76 Å². The molecule has 7 heteroatoms. The normalized spacial score (nSPS) is 19.0. The van der Waals surface area contributed by atoms with E-state index < -0.39 is 17.7 Å². The van der Waals surface area contributed by atoms with E-state index in [2.05, 4.69) is 18.7 Å². The van der Waals surface area contributed by atoms with E-state index in [9.17, 15) is 14.7 Å². The summed E-state index contributed by atoms with van der Waals surface area (Å²) in [6, 6.07) is 9.78. The molecule has 1 saturated heterocycles. The van der Waals surface area contributed by atoms with Crippen molar-refractivity contribution < 1.29 is 14.7 Å². The summed E-state index contributed by atoms with van der Waals surface area (Å²) in [6.07, 6.45) is 0. The van der Waals surface area contributed by atoms with E-state index in [1.54, 1.807) is 29.2 Å². The molecule has 0 radical (unpaired) electrons. The highest BCUT2D eigenvalue weighted by Crippen LogP contribution is 2.40. The minimum absolute atomic E-state index is 0.134. The number of benzene rings is 1. The lowest BCUT2D eigenvalue weighted by Gasteiger charge is -2.27. The largest absolute Gasteiger partial charge is 0.507 e. The van der Waals surface area contributed by atoms with Gasteiger partial charge in [-0.1, -0.05) is 31.5 Å². The lowest BCUT2D eigenvalue weighted by molar-refractivity contribution is -0.140. The lowest BCUT2D eigenvalue weighted by Crippen LogP contribution is -2.37. The van der Waals surface area contributed by atoms with Crippen LogP contribution >= 0.6 is 22.9 Å². The van der Waals surface area contributed by atoms with Crippen molar-refractivity contribution in [3.8, 4) is 0 Å². The molecule has 0 spiro atoms. The predicted octanol–water partition coefficient (Wildman–Crippen LogP) is 4.17. The molecule has 1 atom stereocenters. The minimum Gasteiger partial charge on any atom is -0.507 e. The molecule has 0 bridgehead atoms. The van der Waals surface area contributed by atoms with Crippen LogP contribution in [0, 0.1) is 0 Å². The first kappa shape index (κ1) is 20.6. The van der Waals surface area contributed by atoms with Crippen molar-refractivity contribution in [2.24, 2.45) is 0 Å². The van der Waals surface area contributed by atoms with Gasteiger partial charge in [0, 0.05) is 28.6 Å². The standard InChI is InChI=1S/C21H23ClN2O3S/c1-3-23(4-2)11-12-24-18(16-6-5-13-28-16)17(20(26)21(24)27)19(25)14-7-9-15(22)10-8-14/h5-10,13,18,25H,3-4,11-12H2,1-2H3/t18-/m1/s1. The maximum atomic E-state index is 12.8. The van der Waals surface area contributed by atoms with E-state index in [1.807, 2.05) is 17.5 Å². The van der Waals surface area contributed by atoms with Crippen molar-refractivity contribution in [3.63, 3.8) is 0 Å². The van der Waals surface area contributed by atoms with E-state index in [0.717, 1.165) is 18.0 Å². The highest BCUT2D eigenvalue weighted by Gasteiger charge is 2.46. The third kappa shape index (κ3) is 3.99. The molecular weight excluding hydrogens is 396 g/mol. The number of hydrogen-bond acceptors (Lipinski definition) is 5. The van der Waals surface area contributed by atoms with E-state index in [0.29, 0.717) is 23.7 Å². The molecule has 1 aliphatic heterocycles. The summed E-state index contributed by atoms with van der Waals surface area (Å²) in [6.45, 7) is 6.96. The maximum absolute atomic E-state index is 12.8. The van der Waals surface area contributed by atoms with E-state index >= 15 is 0 Å². The number of Topliss-reactive ketones (excluding diaryl/α,β-unsaturated/α-hetero) is 1. The summed E-state index contributed by atoms with van der Waals surface area (Å²) in [4.78, 5) is 30.3. The Labute approximate surface area is 173 Å². The fraction of sp³-hybridized carbons (Fsp3) is 0.333. The van der Waals surface area contributed by atoms with Crippen LogP contribution in [0.1, 0.15) is 30.3 Å². The van der Waals surface area contributed by atoms with Gasteiger partial charge < -0.3 is 14.9 Å². The maximum Gasteiger partial charge on any atom is 0.295 e. The van der Waals surface area contributed by atoms with Crippen molar-refractivity contribution in [2.75, 3.05) is 26.2 Å². The fourth-order valence-electron chi connectivity index (χ4n) is 3.41. The first-order valence-electron chi connectivity index (χ1n) is 9.28. The minimum atomic E-state index is -0.648. The zero-order chi connectivity index (χ0) is 20.3. The number of likely N-dealkylation sites (tertiary alicyclic amines) is 1.